The van der Waals surface area contributed by atoms with Crippen LogP contribution in [0.5, 0.6) is 0 Å². The summed E-state index contributed by atoms with van der Waals surface area (Å²) in [5.41, 5.74) is 1.72. The Bertz CT molecular complexity index is 1360. The minimum Gasteiger partial charge on any atom is -1.00 e. The van der Waals surface area contributed by atoms with Crippen molar-refractivity contribution in [3.8, 4) is 0 Å². The normalized spacial score (nSPS) is 12.8. The molecule has 1 aliphatic rings. The summed E-state index contributed by atoms with van der Waals surface area (Å²) in [6.07, 6.45) is 7.65. The Morgan fingerprint density at radius 1 is 0.707 bits per heavy atom. The first-order chi connectivity index (χ1) is 18.7. The van der Waals surface area contributed by atoms with Gasteiger partial charge >= 0.3 is 28.4 Å². The third-order valence-corrected chi connectivity index (χ3v) is 6.18. The molecule has 0 spiro atoms. The summed E-state index contributed by atoms with van der Waals surface area (Å²) in [6.45, 7) is 8.86. The molecule has 5 aromatic rings. The van der Waals surface area contributed by atoms with E-state index in [9.17, 15) is 0 Å². The van der Waals surface area contributed by atoms with Crippen LogP contribution in [0.15, 0.2) is 121 Å². The first kappa shape index (κ1) is 39.1. The summed E-state index contributed by atoms with van der Waals surface area (Å²) >= 11 is 12.3. The summed E-state index contributed by atoms with van der Waals surface area (Å²) in [5, 5.41) is 6.92. The van der Waals surface area contributed by atoms with Crippen LogP contribution in [-0.2, 0) is 24.2 Å². The van der Waals surface area contributed by atoms with Crippen LogP contribution in [0.3, 0.4) is 0 Å². The van der Waals surface area contributed by atoms with Gasteiger partial charge in [-0.2, -0.15) is 72.3 Å². The maximum atomic E-state index is 5.52. The summed E-state index contributed by atoms with van der Waals surface area (Å²) in [5.74, 6) is 0.522. The molecule has 1 unspecified atom stereocenters. The number of hydrogen-bond acceptors (Lipinski definition) is 0. The predicted octanol–water partition coefficient (Wildman–Crippen LogP) is 4.93. The number of hydrogen-bond donors (Lipinski definition) is 0. The second kappa shape index (κ2) is 20.9. The number of halogens is 4. The molecule has 41 heavy (non-hydrogen) atoms. The van der Waals surface area contributed by atoms with Gasteiger partial charge in [-0.05, 0) is 0 Å². The average Bonchev–Trinajstić information content (AvgIpc) is 3.56. The van der Waals surface area contributed by atoms with Crippen molar-refractivity contribution in [3.63, 3.8) is 0 Å². The van der Waals surface area contributed by atoms with Crippen LogP contribution in [-0.4, -0.2) is 4.21 Å². The van der Waals surface area contributed by atoms with E-state index in [1.54, 1.807) is 48.5 Å². The first-order valence-corrected chi connectivity index (χ1v) is 15.2. The zero-order valence-electron chi connectivity index (χ0n) is 23.8. The van der Waals surface area contributed by atoms with Crippen LogP contribution < -0.4 is 24.8 Å². The molecule has 0 saturated heterocycles. The maximum absolute atomic E-state index is 5.52. The quantitative estimate of drug-likeness (QED) is 0.201. The molecule has 214 valence electrons. The fourth-order valence-electron chi connectivity index (χ4n) is 3.69. The molecule has 0 saturated carbocycles. The SMILES string of the molecule is CC1[C-]=CC(C(C)(C)C)=C1.Clc1cc[c-]cc1.Clc1cc[c-]cc1.[CH2]=[Zr+2].[Cl-].[Cl-].c1ccc2c(c1)[cH-]c1ccccc12. The molecule has 0 nitrogen and oxygen atoms in total. The molecular weight excluding hydrogens is 665 g/mol. The van der Waals surface area contributed by atoms with Crippen molar-refractivity contribution in [2.75, 3.05) is 0 Å². The Labute approximate surface area is 284 Å². The maximum Gasteiger partial charge on any atom is -0.0771 e. The van der Waals surface area contributed by atoms with Crippen molar-refractivity contribution in [1.82, 2.24) is 0 Å². The second-order valence-corrected chi connectivity index (χ2v) is 10.6. The van der Waals surface area contributed by atoms with Crippen LogP contribution in [0.1, 0.15) is 27.7 Å². The monoisotopic (exact) mass is 696 g/mol. The third-order valence-electron chi connectivity index (χ3n) is 5.68. The van der Waals surface area contributed by atoms with Crippen molar-refractivity contribution in [2.45, 2.75) is 27.7 Å². The van der Waals surface area contributed by atoms with Gasteiger partial charge in [-0.1, -0.05) is 85.5 Å². The van der Waals surface area contributed by atoms with E-state index < -0.39 is 0 Å². The van der Waals surface area contributed by atoms with Crippen molar-refractivity contribution in [1.29, 1.82) is 0 Å². The van der Waals surface area contributed by atoms with E-state index in [0.29, 0.717) is 11.3 Å². The van der Waals surface area contributed by atoms with Gasteiger partial charge in [-0.15, -0.1) is 62.9 Å². The van der Waals surface area contributed by atoms with Gasteiger partial charge in [0.25, 0.3) is 0 Å². The largest absolute Gasteiger partial charge is 1.00 e. The van der Waals surface area contributed by atoms with Crippen molar-refractivity contribution in [2.24, 2.45) is 11.3 Å². The Hall–Kier alpha value is -1.86. The molecule has 6 rings (SSSR count). The molecule has 1 aliphatic carbocycles. The van der Waals surface area contributed by atoms with Gasteiger partial charge < -0.3 is 24.8 Å². The van der Waals surface area contributed by atoms with Crippen LogP contribution >= 0.6 is 23.2 Å². The fraction of sp³-hybridized carbons (Fsp3) is 0.167. The Morgan fingerprint density at radius 3 is 1.37 bits per heavy atom. The molecule has 5 heteroatoms. The topological polar surface area (TPSA) is 0 Å². The van der Waals surface area contributed by atoms with Crippen molar-refractivity contribution < 1.29 is 49.0 Å². The van der Waals surface area contributed by atoms with Crippen LogP contribution in [0, 0.1) is 29.5 Å². The summed E-state index contributed by atoms with van der Waals surface area (Å²) < 4.78 is 3.34. The minimum atomic E-state index is 0. The Kier molecular flexibility index (Phi) is 20.0. The van der Waals surface area contributed by atoms with E-state index in [4.69, 9.17) is 23.2 Å². The number of benzene rings is 4. The number of rotatable bonds is 0. The molecule has 0 aromatic heterocycles. The standard InChI is InChI=1S/C13H9.C10H15.2C6H4Cl.CH2.2ClH.Zr/c1-3-7-12-10(5-1)9-11-6-2-4-8-13(11)12;1-8-5-6-9(7-8)10(2,3)4;2*7-6-4-2-1-3-5-6;;;;/h1-9H;6-8H,1-4H3;2*2-5H;1H2;2*1H;/q4*-1;;;;+2/p-2. The Balaban J connectivity index is 0.000000518. The number of allylic oxidation sites excluding steroid dienone is 4. The molecule has 0 amide bonds. The van der Waals surface area contributed by atoms with Gasteiger partial charge in [0.2, 0.25) is 0 Å². The van der Waals surface area contributed by atoms with Gasteiger partial charge in [-0.3, -0.25) is 6.08 Å². The van der Waals surface area contributed by atoms with Gasteiger partial charge in [0, 0.05) is 0 Å². The molecule has 0 bridgehead atoms. The van der Waals surface area contributed by atoms with E-state index in [0.717, 1.165) is 10.0 Å². The predicted molar refractivity (Wildman–Crippen MR) is 169 cm³/mol. The van der Waals surface area contributed by atoms with Crippen molar-refractivity contribution >= 4 is 49.0 Å². The van der Waals surface area contributed by atoms with E-state index in [1.807, 2.05) is 0 Å². The van der Waals surface area contributed by atoms with Gasteiger partial charge in [-0.25, -0.2) is 6.08 Å². The van der Waals surface area contributed by atoms with Crippen LogP contribution in [0.2, 0.25) is 10.0 Å². The van der Waals surface area contributed by atoms with Gasteiger partial charge in [0.1, 0.15) is 0 Å². The van der Waals surface area contributed by atoms with E-state index >= 15 is 0 Å². The third kappa shape index (κ3) is 14.2. The summed E-state index contributed by atoms with van der Waals surface area (Å²) in [7, 11) is 0. The molecular formula is C36H34Cl4Zr-4. The van der Waals surface area contributed by atoms with Crippen LogP contribution in [0.25, 0.3) is 21.5 Å². The first-order valence-electron chi connectivity index (χ1n) is 12.7. The fourth-order valence-corrected chi connectivity index (χ4v) is 3.94. The molecule has 0 heterocycles. The zero-order chi connectivity index (χ0) is 28.7. The molecule has 5 aromatic carbocycles. The van der Waals surface area contributed by atoms with Gasteiger partial charge in [0.05, 0.1) is 0 Å². The second-order valence-electron chi connectivity index (χ2n) is 9.73. The smallest absolute Gasteiger partial charge is 0.0771 e. The number of fused-ring (bicyclic) bond motifs is 3. The van der Waals surface area contributed by atoms with Crippen LogP contribution in [0.4, 0.5) is 0 Å². The zero-order valence-corrected chi connectivity index (χ0v) is 29.2. The van der Waals surface area contributed by atoms with Crippen molar-refractivity contribution in [3.05, 3.63) is 149 Å². The Morgan fingerprint density at radius 2 is 1.10 bits per heavy atom. The average molecular weight is 700 g/mol. The summed E-state index contributed by atoms with van der Waals surface area (Å²) in [4.78, 5) is 0. The molecule has 0 N–H and O–H groups in total. The minimum absolute atomic E-state index is 0. The van der Waals surface area contributed by atoms with E-state index in [-0.39, 0.29) is 24.8 Å². The van der Waals surface area contributed by atoms with E-state index in [2.05, 4.69) is 117 Å². The molecule has 1 atom stereocenters. The van der Waals surface area contributed by atoms with E-state index in [1.165, 1.54) is 51.4 Å². The summed E-state index contributed by atoms with van der Waals surface area (Å²) in [6, 6.07) is 39.3. The van der Waals surface area contributed by atoms with Gasteiger partial charge in [0.15, 0.2) is 0 Å². The molecule has 0 aliphatic heterocycles. The molecule has 0 radical (unpaired) electrons. The molecule has 0 fully saturated rings.